The first-order valence-corrected chi connectivity index (χ1v) is 15.4. The second-order valence-electron chi connectivity index (χ2n) is 10.2. The average molecular weight is 602 g/mol. The van der Waals surface area contributed by atoms with Crippen LogP contribution in [0, 0.1) is 0 Å². The Bertz CT molecular complexity index is 1750. The summed E-state index contributed by atoms with van der Waals surface area (Å²) in [7, 11) is -3.81. The molecule has 0 aliphatic carbocycles. The molecule has 4 aromatic rings. The number of nitrogens with one attached hydrogen (secondary N) is 1. The molecule has 0 saturated heterocycles. The number of hydrogen-bond acceptors (Lipinski definition) is 5. The summed E-state index contributed by atoms with van der Waals surface area (Å²) in [5.41, 5.74) is 3.24. The van der Waals surface area contributed by atoms with Gasteiger partial charge in [0.1, 0.15) is 5.75 Å². The van der Waals surface area contributed by atoms with Crippen LogP contribution in [0.25, 0.3) is 0 Å². The lowest BCUT2D eigenvalue weighted by Gasteiger charge is -2.35. The van der Waals surface area contributed by atoms with E-state index in [9.17, 15) is 18.0 Å². The van der Waals surface area contributed by atoms with Crippen LogP contribution < -0.4 is 19.3 Å². The Kier molecular flexibility index (Phi) is 7.62. The molecule has 214 valence electrons. The third-order valence-corrected chi connectivity index (χ3v) is 9.50. The molecular weight excluding hydrogens is 574 g/mol. The van der Waals surface area contributed by atoms with Gasteiger partial charge in [-0.2, -0.15) is 0 Å². The van der Waals surface area contributed by atoms with Gasteiger partial charge < -0.3 is 15.0 Å². The molecule has 0 spiro atoms. The standard InChI is InChI=1S/C32H28ClN3O5S/c33-25-13-15-26(16-14-25)42(39,40)36-18-6-9-23-19-24(12-17-27(23)36)32(38)35-21-30(41-29-11-5-4-10-28(29)35)31(37)34-20-22-7-2-1-3-8-22/h1-5,7-8,10-17,19,30H,6,9,18,20-21H2,(H,34,37)/t30-/m0/s1. The van der Waals surface area contributed by atoms with Gasteiger partial charge in [0.25, 0.3) is 21.8 Å². The van der Waals surface area contributed by atoms with E-state index in [4.69, 9.17) is 16.3 Å². The number of sulfonamides is 1. The molecule has 1 atom stereocenters. The lowest BCUT2D eigenvalue weighted by atomic mass is 10.00. The summed E-state index contributed by atoms with van der Waals surface area (Å²) in [6.07, 6.45) is 0.347. The number of benzene rings is 4. The minimum atomic E-state index is -3.81. The Balaban J connectivity index is 1.25. The van der Waals surface area contributed by atoms with E-state index in [1.165, 1.54) is 16.4 Å². The molecule has 2 aliphatic rings. The van der Waals surface area contributed by atoms with Crippen LogP contribution in [0.5, 0.6) is 5.75 Å². The second kappa shape index (κ2) is 11.5. The lowest BCUT2D eigenvalue weighted by molar-refractivity contribution is -0.128. The van der Waals surface area contributed by atoms with Crippen molar-refractivity contribution in [3.63, 3.8) is 0 Å². The SMILES string of the molecule is O=C(NCc1ccccc1)[C@@H]1CN(C(=O)c2ccc3c(c2)CCCN3S(=O)(=O)c2ccc(Cl)cc2)c2ccccc2O1. The number of nitrogens with zero attached hydrogens (tertiary/aromatic N) is 2. The second-order valence-corrected chi connectivity index (χ2v) is 12.5. The van der Waals surface area contributed by atoms with Gasteiger partial charge in [0.05, 0.1) is 22.8 Å². The number of aryl methyl sites for hydroxylation is 1. The minimum Gasteiger partial charge on any atom is -0.477 e. The van der Waals surface area contributed by atoms with Gasteiger partial charge in [0, 0.05) is 23.7 Å². The van der Waals surface area contributed by atoms with E-state index in [0.717, 1.165) is 11.1 Å². The number of ether oxygens (including phenoxy) is 1. The van der Waals surface area contributed by atoms with E-state index >= 15 is 0 Å². The van der Waals surface area contributed by atoms with E-state index in [1.807, 2.05) is 36.4 Å². The number of anilines is 2. The molecule has 1 N–H and O–H groups in total. The molecule has 4 aromatic carbocycles. The van der Waals surface area contributed by atoms with Crippen molar-refractivity contribution >= 4 is 44.8 Å². The zero-order valence-electron chi connectivity index (χ0n) is 22.6. The summed E-state index contributed by atoms with van der Waals surface area (Å²) in [5, 5.41) is 3.36. The summed E-state index contributed by atoms with van der Waals surface area (Å²) < 4.78 is 34.3. The van der Waals surface area contributed by atoms with Crippen LogP contribution in [-0.2, 0) is 27.8 Å². The van der Waals surface area contributed by atoms with Gasteiger partial charge in [-0.05, 0) is 78.6 Å². The molecule has 2 amide bonds. The molecule has 10 heteroatoms. The Morgan fingerprint density at radius 1 is 0.905 bits per heavy atom. The van der Waals surface area contributed by atoms with Crippen LogP contribution >= 0.6 is 11.6 Å². The highest BCUT2D eigenvalue weighted by molar-refractivity contribution is 7.92. The maximum atomic E-state index is 13.9. The molecule has 0 aromatic heterocycles. The normalized spacial score (nSPS) is 16.2. The van der Waals surface area contributed by atoms with Crippen molar-refractivity contribution in [2.75, 3.05) is 22.3 Å². The topological polar surface area (TPSA) is 96.0 Å². The van der Waals surface area contributed by atoms with Gasteiger partial charge in [-0.15, -0.1) is 0 Å². The average Bonchev–Trinajstić information content (AvgIpc) is 3.02. The van der Waals surface area contributed by atoms with Crippen LogP contribution in [0.15, 0.2) is 102 Å². The molecule has 0 fully saturated rings. The van der Waals surface area contributed by atoms with Crippen LogP contribution in [0.1, 0.15) is 27.9 Å². The summed E-state index contributed by atoms with van der Waals surface area (Å²) >= 11 is 5.96. The number of hydrogen-bond donors (Lipinski definition) is 1. The fourth-order valence-corrected chi connectivity index (χ4v) is 6.96. The molecule has 8 nitrogen and oxygen atoms in total. The predicted octanol–water partition coefficient (Wildman–Crippen LogP) is 5.21. The first-order valence-electron chi connectivity index (χ1n) is 13.6. The van der Waals surface area contributed by atoms with Gasteiger partial charge in [-0.25, -0.2) is 8.42 Å². The molecule has 2 heterocycles. The van der Waals surface area contributed by atoms with Crippen molar-refractivity contribution in [3.8, 4) is 5.75 Å². The molecule has 2 aliphatic heterocycles. The number of para-hydroxylation sites is 2. The van der Waals surface area contributed by atoms with Gasteiger partial charge >= 0.3 is 0 Å². The number of amides is 2. The van der Waals surface area contributed by atoms with Crippen LogP contribution in [0.3, 0.4) is 0 Å². The zero-order chi connectivity index (χ0) is 29.3. The van der Waals surface area contributed by atoms with Crippen LogP contribution in [0.2, 0.25) is 5.02 Å². The Morgan fingerprint density at radius 3 is 2.43 bits per heavy atom. The fourth-order valence-electron chi connectivity index (χ4n) is 5.30. The molecular formula is C32H28ClN3O5S. The maximum absolute atomic E-state index is 13.9. The molecule has 0 bridgehead atoms. The number of carbonyl (C=O) groups is 2. The Hall–Kier alpha value is -4.34. The predicted molar refractivity (Wildman–Crippen MR) is 162 cm³/mol. The zero-order valence-corrected chi connectivity index (χ0v) is 24.1. The quantitative estimate of drug-likeness (QED) is 0.328. The van der Waals surface area contributed by atoms with Crippen LogP contribution in [-0.4, -0.2) is 39.4 Å². The summed E-state index contributed by atoms with van der Waals surface area (Å²) in [5.74, 6) is -0.179. The summed E-state index contributed by atoms with van der Waals surface area (Å²) in [6, 6.07) is 27.8. The summed E-state index contributed by atoms with van der Waals surface area (Å²) in [6.45, 7) is 0.710. The third kappa shape index (κ3) is 5.45. The fraction of sp³-hybridized carbons (Fsp3) is 0.188. The number of halogens is 1. The van der Waals surface area contributed by atoms with Gasteiger partial charge in [0.15, 0.2) is 6.10 Å². The molecule has 0 radical (unpaired) electrons. The van der Waals surface area contributed by atoms with Crippen molar-refractivity contribution in [2.45, 2.75) is 30.4 Å². The molecule has 6 rings (SSSR count). The Labute approximate surface area is 249 Å². The first-order chi connectivity index (χ1) is 20.3. The van der Waals surface area contributed by atoms with E-state index in [-0.39, 0.29) is 23.3 Å². The lowest BCUT2D eigenvalue weighted by Crippen LogP contribution is -2.50. The van der Waals surface area contributed by atoms with Crippen LogP contribution in [0.4, 0.5) is 11.4 Å². The number of rotatable bonds is 6. The Morgan fingerprint density at radius 2 is 1.64 bits per heavy atom. The van der Waals surface area contributed by atoms with Crippen molar-refractivity contribution in [2.24, 2.45) is 0 Å². The van der Waals surface area contributed by atoms with Crippen molar-refractivity contribution in [1.29, 1.82) is 0 Å². The molecule has 0 unspecified atom stereocenters. The highest BCUT2D eigenvalue weighted by Gasteiger charge is 2.35. The van der Waals surface area contributed by atoms with Gasteiger partial charge in [-0.3, -0.25) is 13.9 Å². The molecule has 42 heavy (non-hydrogen) atoms. The van der Waals surface area contributed by atoms with Gasteiger partial charge in [-0.1, -0.05) is 54.1 Å². The number of fused-ring (bicyclic) bond motifs is 2. The van der Waals surface area contributed by atoms with Crippen molar-refractivity contribution < 1.29 is 22.7 Å². The van der Waals surface area contributed by atoms with E-state index in [0.29, 0.717) is 53.6 Å². The van der Waals surface area contributed by atoms with Crippen molar-refractivity contribution in [1.82, 2.24) is 5.32 Å². The third-order valence-electron chi connectivity index (χ3n) is 7.42. The van der Waals surface area contributed by atoms with E-state index < -0.39 is 16.1 Å². The van der Waals surface area contributed by atoms with E-state index in [2.05, 4.69) is 5.32 Å². The molecule has 0 saturated carbocycles. The first kappa shape index (κ1) is 27.8. The number of carbonyl (C=O) groups excluding carboxylic acids is 2. The maximum Gasteiger partial charge on any atom is 0.264 e. The van der Waals surface area contributed by atoms with Gasteiger partial charge in [0.2, 0.25) is 0 Å². The summed E-state index contributed by atoms with van der Waals surface area (Å²) in [4.78, 5) is 28.7. The highest BCUT2D eigenvalue weighted by Crippen LogP contribution is 2.36. The monoisotopic (exact) mass is 601 g/mol. The van der Waals surface area contributed by atoms with Crippen molar-refractivity contribution in [3.05, 3.63) is 119 Å². The van der Waals surface area contributed by atoms with E-state index in [1.54, 1.807) is 53.4 Å². The largest absolute Gasteiger partial charge is 0.477 e. The highest BCUT2D eigenvalue weighted by atomic mass is 35.5. The minimum absolute atomic E-state index is 0.0324. The smallest absolute Gasteiger partial charge is 0.264 e.